The fourth-order valence-electron chi connectivity index (χ4n) is 3.21. The maximum Gasteiger partial charge on any atom is 0.0442 e. The molecule has 1 aliphatic carbocycles. The van der Waals surface area contributed by atoms with E-state index in [9.17, 15) is 0 Å². The molecule has 2 saturated heterocycles. The minimum Gasteiger partial charge on any atom is -0.307 e. The molecule has 1 nitrogen and oxygen atoms in total. The molecule has 1 aromatic carbocycles. The maximum atomic E-state index is 3.72. The Labute approximate surface area is 85.5 Å². The van der Waals surface area contributed by atoms with E-state index in [0.29, 0.717) is 5.54 Å². The van der Waals surface area contributed by atoms with Gasteiger partial charge in [-0.1, -0.05) is 24.3 Å². The summed E-state index contributed by atoms with van der Waals surface area (Å²) in [6, 6.07) is 8.83. The van der Waals surface area contributed by atoms with Crippen molar-refractivity contribution in [2.45, 2.75) is 31.7 Å². The second-order valence-corrected chi connectivity index (χ2v) is 4.89. The van der Waals surface area contributed by atoms with Crippen LogP contribution in [0, 0.1) is 12.8 Å². The third-order valence-corrected chi connectivity index (χ3v) is 3.95. The van der Waals surface area contributed by atoms with E-state index >= 15 is 0 Å². The van der Waals surface area contributed by atoms with E-state index in [2.05, 4.69) is 36.5 Å². The lowest BCUT2D eigenvalue weighted by molar-refractivity contribution is 0.0497. The highest BCUT2D eigenvalue weighted by Crippen LogP contribution is 2.50. The SMILES string of the molecule is Cc1ccccc1C12CC(CCN1)C2. The molecule has 0 aromatic heterocycles. The van der Waals surface area contributed by atoms with Crippen molar-refractivity contribution in [3.05, 3.63) is 35.4 Å². The fourth-order valence-corrected chi connectivity index (χ4v) is 3.21. The second-order valence-electron chi connectivity index (χ2n) is 4.89. The van der Waals surface area contributed by atoms with Gasteiger partial charge >= 0.3 is 0 Å². The van der Waals surface area contributed by atoms with Crippen LogP contribution in [-0.4, -0.2) is 6.54 Å². The monoisotopic (exact) mass is 187 g/mol. The first-order chi connectivity index (χ1) is 6.80. The van der Waals surface area contributed by atoms with Gasteiger partial charge in [-0.15, -0.1) is 0 Å². The van der Waals surface area contributed by atoms with Gasteiger partial charge in [0.25, 0.3) is 0 Å². The van der Waals surface area contributed by atoms with Crippen molar-refractivity contribution in [3.8, 4) is 0 Å². The van der Waals surface area contributed by atoms with Gasteiger partial charge < -0.3 is 5.32 Å². The first-order valence-electron chi connectivity index (χ1n) is 5.61. The van der Waals surface area contributed by atoms with Gasteiger partial charge in [-0.05, 0) is 49.8 Å². The summed E-state index contributed by atoms with van der Waals surface area (Å²) >= 11 is 0. The minimum absolute atomic E-state index is 0.355. The van der Waals surface area contributed by atoms with Gasteiger partial charge in [-0.2, -0.15) is 0 Å². The molecule has 1 aromatic rings. The molecule has 14 heavy (non-hydrogen) atoms. The first-order valence-corrected chi connectivity index (χ1v) is 5.61. The third-order valence-electron chi connectivity index (χ3n) is 3.95. The number of hydrogen-bond acceptors (Lipinski definition) is 1. The Morgan fingerprint density at radius 3 is 2.71 bits per heavy atom. The van der Waals surface area contributed by atoms with Gasteiger partial charge in [0, 0.05) is 5.54 Å². The highest BCUT2D eigenvalue weighted by atomic mass is 15.0. The molecule has 0 unspecified atom stereocenters. The molecule has 0 spiro atoms. The van der Waals surface area contributed by atoms with E-state index in [1.165, 1.54) is 36.9 Å². The van der Waals surface area contributed by atoms with Crippen LogP contribution in [0.2, 0.25) is 0 Å². The van der Waals surface area contributed by atoms with E-state index in [0.717, 1.165) is 5.92 Å². The van der Waals surface area contributed by atoms with Crippen LogP contribution in [0.25, 0.3) is 0 Å². The van der Waals surface area contributed by atoms with Gasteiger partial charge in [-0.25, -0.2) is 0 Å². The largest absolute Gasteiger partial charge is 0.307 e. The van der Waals surface area contributed by atoms with Crippen molar-refractivity contribution in [1.29, 1.82) is 0 Å². The lowest BCUT2D eigenvalue weighted by Gasteiger charge is -2.54. The average Bonchev–Trinajstić information content (AvgIpc) is 2.18. The smallest absolute Gasteiger partial charge is 0.0442 e. The quantitative estimate of drug-likeness (QED) is 0.712. The predicted molar refractivity (Wildman–Crippen MR) is 58.2 cm³/mol. The highest BCUT2D eigenvalue weighted by molar-refractivity contribution is 5.35. The zero-order chi connectivity index (χ0) is 9.60. The van der Waals surface area contributed by atoms with Crippen LogP contribution in [0.15, 0.2) is 24.3 Å². The Kier molecular flexibility index (Phi) is 1.72. The summed E-state index contributed by atoms with van der Waals surface area (Å²) in [5, 5.41) is 3.72. The van der Waals surface area contributed by atoms with E-state index in [4.69, 9.17) is 0 Å². The molecule has 4 rings (SSSR count). The lowest BCUT2D eigenvalue weighted by atomic mass is 9.60. The highest BCUT2D eigenvalue weighted by Gasteiger charge is 2.48. The molecule has 1 heteroatoms. The molecule has 2 aliphatic heterocycles. The number of aryl methyl sites for hydroxylation is 1. The van der Waals surface area contributed by atoms with Gasteiger partial charge in [0.05, 0.1) is 0 Å². The van der Waals surface area contributed by atoms with Crippen LogP contribution in [0.1, 0.15) is 30.4 Å². The Bertz CT molecular complexity index is 344. The van der Waals surface area contributed by atoms with Gasteiger partial charge in [-0.3, -0.25) is 0 Å². The molecule has 3 aliphatic rings. The second kappa shape index (κ2) is 2.83. The average molecular weight is 187 g/mol. The molecule has 1 saturated carbocycles. The van der Waals surface area contributed by atoms with E-state index < -0.39 is 0 Å². The van der Waals surface area contributed by atoms with Crippen LogP contribution in [0.4, 0.5) is 0 Å². The Morgan fingerprint density at radius 1 is 1.29 bits per heavy atom. The molecular formula is C13H17N. The van der Waals surface area contributed by atoms with Crippen LogP contribution >= 0.6 is 0 Å². The van der Waals surface area contributed by atoms with Crippen LogP contribution in [0.5, 0.6) is 0 Å². The summed E-state index contributed by atoms with van der Waals surface area (Å²) in [7, 11) is 0. The van der Waals surface area contributed by atoms with Gasteiger partial charge in [0.2, 0.25) is 0 Å². The number of fused-ring (bicyclic) bond motifs is 2. The zero-order valence-electron chi connectivity index (χ0n) is 8.72. The summed E-state index contributed by atoms with van der Waals surface area (Å²) in [6.45, 7) is 3.44. The molecular weight excluding hydrogens is 170 g/mol. The Balaban J connectivity index is 1.99. The third kappa shape index (κ3) is 1.05. The van der Waals surface area contributed by atoms with Crippen molar-refractivity contribution >= 4 is 0 Å². The van der Waals surface area contributed by atoms with E-state index in [1.807, 2.05) is 0 Å². The summed E-state index contributed by atoms with van der Waals surface area (Å²) in [6.07, 6.45) is 4.10. The number of rotatable bonds is 1. The number of hydrogen-bond donors (Lipinski definition) is 1. The zero-order valence-corrected chi connectivity index (χ0v) is 8.72. The summed E-state index contributed by atoms with van der Waals surface area (Å²) in [4.78, 5) is 0. The Morgan fingerprint density at radius 2 is 2.07 bits per heavy atom. The van der Waals surface area contributed by atoms with Crippen LogP contribution < -0.4 is 5.32 Å². The number of benzene rings is 1. The van der Waals surface area contributed by atoms with Crippen molar-refractivity contribution in [2.24, 2.45) is 5.92 Å². The molecule has 74 valence electrons. The van der Waals surface area contributed by atoms with Crippen molar-refractivity contribution in [3.63, 3.8) is 0 Å². The Hall–Kier alpha value is -0.820. The molecule has 0 atom stereocenters. The number of piperidine rings is 2. The molecule has 0 amide bonds. The summed E-state index contributed by atoms with van der Waals surface area (Å²) < 4.78 is 0. The normalized spacial score (nSPS) is 35.1. The minimum atomic E-state index is 0.355. The van der Waals surface area contributed by atoms with Crippen LogP contribution in [-0.2, 0) is 5.54 Å². The topological polar surface area (TPSA) is 12.0 Å². The number of nitrogens with one attached hydrogen (secondary N) is 1. The van der Waals surface area contributed by atoms with Crippen molar-refractivity contribution in [1.82, 2.24) is 5.32 Å². The molecule has 0 radical (unpaired) electrons. The molecule has 2 heterocycles. The molecule has 1 N–H and O–H groups in total. The van der Waals surface area contributed by atoms with Crippen molar-refractivity contribution in [2.75, 3.05) is 6.54 Å². The van der Waals surface area contributed by atoms with Crippen LogP contribution in [0.3, 0.4) is 0 Å². The molecule has 2 bridgehead atoms. The maximum absolute atomic E-state index is 3.72. The molecule has 3 fully saturated rings. The predicted octanol–water partition coefficient (Wildman–Crippen LogP) is 2.59. The van der Waals surface area contributed by atoms with Crippen molar-refractivity contribution < 1.29 is 0 Å². The first kappa shape index (κ1) is 8.49. The standard InChI is InChI=1S/C13H17N/c1-10-4-2-3-5-12(10)13-8-11(9-13)6-7-14-13/h2-5,11,14H,6-9H2,1H3. The lowest BCUT2D eigenvalue weighted by Crippen LogP contribution is -2.58. The van der Waals surface area contributed by atoms with Gasteiger partial charge in [0.1, 0.15) is 0 Å². The summed E-state index contributed by atoms with van der Waals surface area (Å²) in [5.74, 6) is 0.996. The van der Waals surface area contributed by atoms with E-state index in [-0.39, 0.29) is 0 Å². The summed E-state index contributed by atoms with van der Waals surface area (Å²) in [5.41, 5.74) is 3.34. The fraction of sp³-hybridized carbons (Fsp3) is 0.538. The van der Waals surface area contributed by atoms with E-state index in [1.54, 1.807) is 0 Å². The van der Waals surface area contributed by atoms with Gasteiger partial charge in [0.15, 0.2) is 0 Å².